The maximum Gasteiger partial charge on any atom is 0.118 e. The van der Waals surface area contributed by atoms with Gasteiger partial charge < -0.3 is 20.1 Å². The number of ether oxygens (including phenoxy) is 1. The topological polar surface area (TPSA) is 44.7 Å². The van der Waals surface area contributed by atoms with Crippen molar-refractivity contribution in [2.75, 3.05) is 20.3 Å². The van der Waals surface area contributed by atoms with E-state index in [1.54, 1.807) is 5.57 Å². The molecule has 0 radical (unpaired) electrons. The first kappa shape index (κ1) is 21.7. The third-order valence-electron chi connectivity index (χ3n) is 8.36. The van der Waals surface area contributed by atoms with E-state index < -0.39 is 18.4 Å². The quantitative estimate of drug-likeness (QED) is 0.679. The van der Waals surface area contributed by atoms with Crippen molar-refractivity contribution < 1.29 is 14.2 Å². The van der Waals surface area contributed by atoms with Gasteiger partial charge in [-0.1, -0.05) is 11.6 Å². The number of likely N-dealkylation sites (tertiary alicyclic amines) is 1. The molecule has 2 heterocycles. The van der Waals surface area contributed by atoms with E-state index in [-0.39, 0.29) is 6.10 Å². The fraction of sp³-hybridized carbons (Fsp3) is 0.917. The fourth-order valence-corrected chi connectivity index (χ4v) is 6.45. The largest absolute Gasteiger partial charge is 0.387 e. The van der Waals surface area contributed by atoms with Gasteiger partial charge in [0.05, 0.1) is 11.7 Å². The lowest BCUT2D eigenvalue weighted by atomic mass is 9.72. The highest BCUT2D eigenvalue weighted by Gasteiger charge is 2.41. The van der Waals surface area contributed by atoms with E-state index in [9.17, 15) is 9.50 Å². The summed E-state index contributed by atoms with van der Waals surface area (Å²) in [7, 11) is 2.30. The van der Waals surface area contributed by atoms with Crippen molar-refractivity contribution in [3.63, 3.8) is 0 Å². The van der Waals surface area contributed by atoms with Gasteiger partial charge in [0, 0.05) is 18.1 Å². The van der Waals surface area contributed by atoms with Gasteiger partial charge >= 0.3 is 0 Å². The number of aliphatic hydroxyl groups excluding tert-OH is 1. The molecule has 7 atom stereocenters. The number of nitrogens with one attached hydrogen (secondary N) is 1. The molecule has 5 unspecified atom stereocenters. The summed E-state index contributed by atoms with van der Waals surface area (Å²) in [6, 6.07) is 1.90. The summed E-state index contributed by atoms with van der Waals surface area (Å²) in [4.78, 5) is 2.58. The van der Waals surface area contributed by atoms with E-state index in [0.29, 0.717) is 18.0 Å². The second-order valence-corrected chi connectivity index (χ2v) is 10.7. The molecule has 29 heavy (non-hydrogen) atoms. The number of nitrogens with zero attached hydrogens (tertiary/aromatic N) is 1. The third-order valence-corrected chi connectivity index (χ3v) is 8.36. The van der Waals surface area contributed by atoms with Crippen molar-refractivity contribution in [3.05, 3.63) is 11.6 Å². The molecule has 0 aromatic heterocycles. The zero-order valence-corrected chi connectivity index (χ0v) is 18.6. The molecule has 4 rings (SSSR count). The van der Waals surface area contributed by atoms with Crippen LogP contribution in [0.15, 0.2) is 11.6 Å². The molecule has 1 saturated carbocycles. The summed E-state index contributed by atoms with van der Waals surface area (Å²) in [5.41, 5.74) is 0.860. The molecule has 0 amide bonds. The summed E-state index contributed by atoms with van der Waals surface area (Å²) in [5.74, 6) is 1.49. The summed E-state index contributed by atoms with van der Waals surface area (Å²) < 4.78 is 19.1. The molecule has 5 heteroatoms. The lowest BCUT2D eigenvalue weighted by molar-refractivity contribution is -0.154. The first-order chi connectivity index (χ1) is 13.9. The molecular weight excluding hydrogens is 367 g/mol. The molecular formula is C24H41FN2O2. The molecule has 0 aromatic rings. The van der Waals surface area contributed by atoms with Gasteiger partial charge in [-0.3, -0.25) is 0 Å². The zero-order valence-electron chi connectivity index (χ0n) is 18.6. The van der Waals surface area contributed by atoms with Gasteiger partial charge in [-0.05, 0) is 97.1 Å². The van der Waals surface area contributed by atoms with Crippen LogP contribution in [0.5, 0.6) is 0 Å². The van der Waals surface area contributed by atoms with Crippen LogP contribution >= 0.6 is 0 Å². The smallest absolute Gasteiger partial charge is 0.118 e. The summed E-state index contributed by atoms with van der Waals surface area (Å²) in [6.07, 6.45) is 12.5. The van der Waals surface area contributed by atoms with Crippen LogP contribution in [0.4, 0.5) is 4.39 Å². The number of hydrogen-bond donors (Lipinski definition) is 2. The van der Waals surface area contributed by atoms with Crippen molar-refractivity contribution in [1.82, 2.24) is 10.2 Å². The third kappa shape index (κ3) is 4.73. The Kier molecular flexibility index (Phi) is 6.70. The molecule has 2 N–H and O–H groups in total. The standard InChI is InChI=1S/C24H41FN2O2/c1-24(2,23(28)15-25)29-19-8-10-21-17(14-19)6-9-20(26-21)16-7-11-22-18(13-16)5-4-12-27(22)3/h7,17-23,26,28H,4-6,8-15H2,1-3H3/t17-,18-,19?,20?,21?,22?,23?/m1/s1. The first-order valence-corrected chi connectivity index (χ1v) is 11.9. The molecule has 3 fully saturated rings. The number of halogens is 1. The number of piperidine rings is 2. The van der Waals surface area contributed by atoms with Crippen molar-refractivity contribution in [3.8, 4) is 0 Å². The Morgan fingerprint density at radius 2 is 2.07 bits per heavy atom. The van der Waals surface area contributed by atoms with Crippen LogP contribution in [-0.4, -0.2) is 66.2 Å². The number of aliphatic hydroxyl groups is 1. The molecule has 2 aliphatic carbocycles. The van der Waals surface area contributed by atoms with Gasteiger partial charge in [-0.2, -0.15) is 0 Å². The summed E-state index contributed by atoms with van der Waals surface area (Å²) >= 11 is 0. The molecule has 2 aliphatic heterocycles. The van der Waals surface area contributed by atoms with Crippen LogP contribution in [0.1, 0.15) is 71.6 Å². The lowest BCUT2D eigenvalue weighted by Gasteiger charge is -2.47. The molecule has 2 saturated heterocycles. The Morgan fingerprint density at radius 1 is 1.24 bits per heavy atom. The lowest BCUT2D eigenvalue weighted by Crippen LogP contribution is -2.54. The Morgan fingerprint density at radius 3 is 2.86 bits per heavy atom. The summed E-state index contributed by atoms with van der Waals surface area (Å²) in [5, 5.41) is 13.9. The molecule has 0 spiro atoms. The zero-order chi connectivity index (χ0) is 20.6. The maximum atomic E-state index is 12.9. The molecule has 0 bridgehead atoms. The van der Waals surface area contributed by atoms with Gasteiger partial charge in [0.15, 0.2) is 0 Å². The maximum absolute atomic E-state index is 12.9. The Bertz CT molecular complexity index is 595. The highest BCUT2D eigenvalue weighted by Crippen LogP contribution is 2.40. The number of rotatable bonds is 5. The van der Waals surface area contributed by atoms with E-state index in [2.05, 4.69) is 23.3 Å². The van der Waals surface area contributed by atoms with Crippen LogP contribution in [0.2, 0.25) is 0 Å². The van der Waals surface area contributed by atoms with Gasteiger partial charge in [0.2, 0.25) is 0 Å². The first-order valence-electron chi connectivity index (χ1n) is 11.9. The van der Waals surface area contributed by atoms with Crippen molar-refractivity contribution >= 4 is 0 Å². The van der Waals surface area contributed by atoms with Gasteiger partial charge in [-0.25, -0.2) is 4.39 Å². The predicted molar refractivity (Wildman–Crippen MR) is 115 cm³/mol. The van der Waals surface area contributed by atoms with Crippen LogP contribution in [-0.2, 0) is 4.74 Å². The molecule has 0 aromatic carbocycles. The van der Waals surface area contributed by atoms with Crippen molar-refractivity contribution in [2.45, 2.75) is 108 Å². The van der Waals surface area contributed by atoms with E-state index in [1.165, 1.54) is 45.1 Å². The van der Waals surface area contributed by atoms with E-state index in [0.717, 1.165) is 31.2 Å². The van der Waals surface area contributed by atoms with Crippen molar-refractivity contribution in [1.29, 1.82) is 0 Å². The number of fused-ring (bicyclic) bond motifs is 2. The Balaban J connectivity index is 1.31. The van der Waals surface area contributed by atoms with Crippen LogP contribution < -0.4 is 5.32 Å². The van der Waals surface area contributed by atoms with Gasteiger partial charge in [0.25, 0.3) is 0 Å². The normalized spacial score (nSPS) is 40.0. The molecule has 4 aliphatic rings. The van der Waals surface area contributed by atoms with E-state index in [4.69, 9.17) is 4.74 Å². The van der Waals surface area contributed by atoms with Crippen LogP contribution in [0, 0.1) is 11.8 Å². The molecule has 4 nitrogen and oxygen atoms in total. The van der Waals surface area contributed by atoms with E-state index >= 15 is 0 Å². The van der Waals surface area contributed by atoms with Gasteiger partial charge in [-0.15, -0.1) is 0 Å². The number of hydrogen-bond acceptors (Lipinski definition) is 4. The monoisotopic (exact) mass is 408 g/mol. The Labute approximate surface area is 176 Å². The highest BCUT2D eigenvalue weighted by atomic mass is 19.1. The SMILES string of the molecule is CN1CCC[C@@H]2CC(C3CC[C@@H]4CC(OC(C)(C)C(O)CF)CCC4N3)=CCC21. The highest BCUT2D eigenvalue weighted by molar-refractivity contribution is 5.19. The van der Waals surface area contributed by atoms with Crippen molar-refractivity contribution in [2.24, 2.45) is 11.8 Å². The van der Waals surface area contributed by atoms with Crippen LogP contribution in [0.25, 0.3) is 0 Å². The average molecular weight is 409 g/mol. The second kappa shape index (κ2) is 8.94. The van der Waals surface area contributed by atoms with E-state index in [1.807, 2.05) is 13.8 Å². The predicted octanol–water partition coefficient (Wildman–Crippen LogP) is 3.83. The van der Waals surface area contributed by atoms with Crippen LogP contribution in [0.3, 0.4) is 0 Å². The minimum absolute atomic E-state index is 0.137. The minimum Gasteiger partial charge on any atom is -0.387 e. The Hall–Kier alpha value is -0.490. The second-order valence-electron chi connectivity index (χ2n) is 10.7. The minimum atomic E-state index is -1.05. The average Bonchev–Trinajstić information content (AvgIpc) is 2.72. The fourth-order valence-electron chi connectivity index (χ4n) is 6.45. The van der Waals surface area contributed by atoms with Gasteiger partial charge in [0.1, 0.15) is 12.8 Å². The number of alkyl halides is 1. The molecule has 166 valence electrons. The summed E-state index contributed by atoms with van der Waals surface area (Å²) in [6.45, 7) is 4.13.